The topological polar surface area (TPSA) is 108 Å². The molecule has 4 heterocycles. The van der Waals surface area contributed by atoms with E-state index in [1.165, 1.54) is 11.9 Å². The Bertz CT molecular complexity index is 599. The predicted octanol–water partition coefficient (Wildman–Crippen LogP) is -1.43. The molecule has 1 atom stereocenters. The van der Waals surface area contributed by atoms with E-state index in [-0.39, 0.29) is 0 Å². The molecule has 142 valence electrons. The molecule has 1 amide bonds. The standard InChI is InChI=1S/C15H23N7O3S/c16-13(23)15(22-17-1-10-26-22)11-12(20-2-6-24-7-3-20)18-14(19-15)21-4-8-25-9-5-21/h1,10-11,17H,2-9H2,(H2,16,23)(H,18,19). The summed E-state index contributed by atoms with van der Waals surface area (Å²) in [6.45, 7) is 5.42. The van der Waals surface area contributed by atoms with Crippen molar-refractivity contribution in [3.63, 3.8) is 0 Å². The van der Waals surface area contributed by atoms with E-state index in [0.717, 1.165) is 18.9 Å². The highest BCUT2D eigenvalue weighted by atomic mass is 32.2. The van der Waals surface area contributed by atoms with Gasteiger partial charge in [-0.25, -0.2) is 4.99 Å². The summed E-state index contributed by atoms with van der Waals surface area (Å²) >= 11 is 1.35. The molecule has 2 fully saturated rings. The third kappa shape index (κ3) is 3.22. The quantitative estimate of drug-likeness (QED) is 0.507. The summed E-state index contributed by atoms with van der Waals surface area (Å²) in [5, 5.41) is 5.23. The smallest absolute Gasteiger partial charge is 0.267 e. The second kappa shape index (κ2) is 7.35. The number of hydrogen-bond donors (Lipinski definition) is 3. The van der Waals surface area contributed by atoms with Crippen LogP contribution in [-0.2, 0) is 14.3 Å². The highest BCUT2D eigenvalue weighted by Gasteiger charge is 2.47. The number of morpholine rings is 2. The number of ether oxygens (including phenoxy) is 2. The molecule has 11 heteroatoms. The first-order valence-electron chi connectivity index (χ1n) is 8.62. The molecule has 4 aliphatic heterocycles. The summed E-state index contributed by atoms with van der Waals surface area (Å²) in [6.07, 6.45) is 3.54. The molecule has 0 spiro atoms. The molecule has 4 N–H and O–H groups in total. The van der Waals surface area contributed by atoms with Crippen LogP contribution in [0.3, 0.4) is 0 Å². The van der Waals surface area contributed by atoms with E-state index >= 15 is 0 Å². The van der Waals surface area contributed by atoms with Gasteiger partial charge in [-0.3, -0.25) is 4.79 Å². The van der Waals surface area contributed by atoms with Gasteiger partial charge in [-0.05, 0) is 11.9 Å². The molecule has 0 aromatic rings. The normalized spacial score (nSPS) is 29.7. The highest BCUT2D eigenvalue weighted by Crippen LogP contribution is 2.32. The number of nitrogens with zero attached hydrogens (tertiary/aromatic N) is 4. The van der Waals surface area contributed by atoms with Crippen LogP contribution < -0.4 is 16.5 Å². The number of primary amides is 1. The Morgan fingerprint density at radius 2 is 1.81 bits per heavy atom. The number of hydrazine groups is 1. The molecule has 4 rings (SSSR count). The van der Waals surface area contributed by atoms with Gasteiger partial charge in [0, 0.05) is 43.9 Å². The number of guanidine groups is 1. The SMILES string of the molecule is NC(=O)C1(N2NC=CS2)C=C(N2CCOCC2)NC(N2CCOCC2)=N1. The fourth-order valence-electron chi connectivity index (χ4n) is 3.19. The zero-order valence-corrected chi connectivity index (χ0v) is 15.2. The van der Waals surface area contributed by atoms with Gasteiger partial charge in [0.2, 0.25) is 11.6 Å². The van der Waals surface area contributed by atoms with Crippen molar-refractivity contribution < 1.29 is 14.3 Å². The lowest BCUT2D eigenvalue weighted by Crippen LogP contribution is -2.62. The van der Waals surface area contributed by atoms with Gasteiger partial charge in [-0.2, -0.15) is 0 Å². The lowest BCUT2D eigenvalue weighted by Gasteiger charge is -2.42. The third-order valence-electron chi connectivity index (χ3n) is 4.61. The van der Waals surface area contributed by atoms with Crippen molar-refractivity contribution in [2.24, 2.45) is 10.7 Å². The molecule has 0 aromatic heterocycles. The van der Waals surface area contributed by atoms with E-state index in [4.69, 9.17) is 20.2 Å². The number of nitrogens with one attached hydrogen (secondary N) is 2. The van der Waals surface area contributed by atoms with Crippen LogP contribution in [-0.4, -0.2) is 84.4 Å². The van der Waals surface area contributed by atoms with E-state index in [0.29, 0.717) is 45.5 Å². The van der Waals surface area contributed by atoms with Crippen molar-refractivity contribution in [2.45, 2.75) is 5.66 Å². The molecule has 10 nitrogen and oxygen atoms in total. The monoisotopic (exact) mass is 381 g/mol. The maximum atomic E-state index is 12.6. The Morgan fingerprint density at radius 1 is 1.15 bits per heavy atom. The van der Waals surface area contributed by atoms with Crippen LogP contribution in [0.15, 0.2) is 28.5 Å². The fraction of sp³-hybridized carbons (Fsp3) is 0.600. The number of aliphatic imine (C=N–C) groups is 1. The molecule has 2 saturated heterocycles. The van der Waals surface area contributed by atoms with Gasteiger partial charge in [0.1, 0.15) is 5.82 Å². The Morgan fingerprint density at radius 3 is 2.38 bits per heavy atom. The summed E-state index contributed by atoms with van der Waals surface area (Å²) in [7, 11) is 0. The van der Waals surface area contributed by atoms with Crippen LogP contribution in [0.25, 0.3) is 0 Å². The second-order valence-corrected chi connectivity index (χ2v) is 7.06. The van der Waals surface area contributed by atoms with Crippen LogP contribution in [0, 0.1) is 0 Å². The Kier molecular flexibility index (Phi) is 4.94. The molecule has 26 heavy (non-hydrogen) atoms. The summed E-state index contributed by atoms with van der Waals surface area (Å²) in [6, 6.07) is 0. The molecule has 0 bridgehead atoms. The van der Waals surface area contributed by atoms with Crippen molar-refractivity contribution in [1.82, 2.24) is 25.0 Å². The van der Waals surface area contributed by atoms with Crippen molar-refractivity contribution in [1.29, 1.82) is 0 Å². The van der Waals surface area contributed by atoms with Gasteiger partial charge in [-0.15, -0.1) is 4.41 Å². The van der Waals surface area contributed by atoms with Crippen molar-refractivity contribution in [3.05, 3.63) is 23.5 Å². The van der Waals surface area contributed by atoms with Gasteiger partial charge >= 0.3 is 0 Å². The van der Waals surface area contributed by atoms with Gasteiger partial charge in [-0.1, -0.05) is 0 Å². The highest BCUT2D eigenvalue weighted by molar-refractivity contribution is 8.00. The summed E-state index contributed by atoms with van der Waals surface area (Å²) in [5.74, 6) is 0.905. The molecular weight excluding hydrogens is 358 g/mol. The van der Waals surface area contributed by atoms with Crippen LogP contribution in [0.1, 0.15) is 0 Å². The van der Waals surface area contributed by atoms with E-state index < -0.39 is 11.6 Å². The molecule has 0 aromatic carbocycles. The zero-order chi connectivity index (χ0) is 18.0. The first-order valence-corrected chi connectivity index (χ1v) is 9.46. The summed E-state index contributed by atoms with van der Waals surface area (Å²) in [4.78, 5) is 21.5. The van der Waals surface area contributed by atoms with Crippen LogP contribution in [0.5, 0.6) is 0 Å². The van der Waals surface area contributed by atoms with E-state index in [2.05, 4.69) is 20.5 Å². The fourth-order valence-corrected chi connectivity index (χ4v) is 3.90. The first kappa shape index (κ1) is 17.5. The molecule has 4 aliphatic rings. The third-order valence-corrected chi connectivity index (χ3v) is 5.47. The van der Waals surface area contributed by atoms with Crippen LogP contribution in [0.2, 0.25) is 0 Å². The zero-order valence-electron chi connectivity index (χ0n) is 14.4. The average Bonchev–Trinajstić information content (AvgIpc) is 3.24. The largest absolute Gasteiger partial charge is 0.378 e. The second-order valence-electron chi connectivity index (χ2n) is 6.21. The van der Waals surface area contributed by atoms with Crippen LogP contribution in [0.4, 0.5) is 0 Å². The number of carbonyl (C=O) groups is 1. The Hall–Kier alpha value is -1.95. The van der Waals surface area contributed by atoms with E-state index in [1.54, 1.807) is 16.7 Å². The molecule has 0 saturated carbocycles. The van der Waals surface area contributed by atoms with Crippen LogP contribution >= 0.6 is 11.9 Å². The molecular formula is C15H23N7O3S. The van der Waals surface area contributed by atoms with Crippen molar-refractivity contribution in [2.75, 3.05) is 52.6 Å². The van der Waals surface area contributed by atoms with Gasteiger partial charge < -0.3 is 35.7 Å². The number of carbonyl (C=O) groups excluding carboxylic acids is 1. The minimum Gasteiger partial charge on any atom is -0.378 e. The average molecular weight is 381 g/mol. The Balaban J connectivity index is 1.70. The maximum Gasteiger partial charge on any atom is 0.267 e. The minimum atomic E-state index is -1.33. The number of rotatable bonds is 3. The molecule has 0 aliphatic carbocycles. The van der Waals surface area contributed by atoms with Crippen molar-refractivity contribution >= 4 is 23.8 Å². The Labute approximate surface area is 156 Å². The molecule has 1 unspecified atom stereocenters. The number of amides is 1. The minimum absolute atomic E-state index is 0.542. The number of nitrogens with two attached hydrogens (primary N) is 1. The summed E-state index contributed by atoms with van der Waals surface area (Å²) < 4.78 is 12.6. The lowest BCUT2D eigenvalue weighted by atomic mass is 10.1. The first-order chi connectivity index (χ1) is 12.7. The molecule has 0 radical (unpaired) electrons. The van der Waals surface area contributed by atoms with Crippen molar-refractivity contribution in [3.8, 4) is 0 Å². The van der Waals surface area contributed by atoms with Gasteiger partial charge in [0.15, 0.2) is 0 Å². The summed E-state index contributed by atoms with van der Waals surface area (Å²) in [5.41, 5.74) is 7.55. The van der Waals surface area contributed by atoms with Gasteiger partial charge in [0.25, 0.3) is 5.91 Å². The van der Waals surface area contributed by atoms with E-state index in [9.17, 15) is 4.79 Å². The van der Waals surface area contributed by atoms with Gasteiger partial charge in [0.05, 0.1) is 26.4 Å². The predicted molar refractivity (Wildman–Crippen MR) is 97.1 cm³/mol. The van der Waals surface area contributed by atoms with E-state index in [1.807, 2.05) is 5.41 Å². The number of hydrogen-bond acceptors (Lipinski definition) is 10. The lowest BCUT2D eigenvalue weighted by molar-refractivity contribution is -0.125. The maximum absolute atomic E-state index is 12.6.